The summed E-state index contributed by atoms with van der Waals surface area (Å²) in [6, 6.07) is 16.2. The molecule has 0 saturated carbocycles. The first-order valence-corrected chi connectivity index (χ1v) is 6.39. The SMILES string of the molecule is CN(C)c1ccccc1NCc1ccc(CO)cc1. The van der Waals surface area contributed by atoms with Gasteiger partial charge in [-0.15, -0.1) is 0 Å². The number of rotatable bonds is 5. The summed E-state index contributed by atoms with van der Waals surface area (Å²) >= 11 is 0. The van der Waals surface area contributed by atoms with Crippen LogP contribution in [0.5, 0.6) is 0 Å². The molecular formula is C16H20N2O. The summed E-state index contributed by atoms with van der Waals surface area (Å²) in [5.74, 6) is 0. The number of hydrogen-bond acceptors (Lipinski definition) is 3. The third-order valence-electron chi connectivity index (χ3n) is 3.07. The summed E-state index contributed by atoms with van der Waals surface area (Å²) in [7, 11) is 4.08. The predicted molar refractivity (Wildman–Crippen MR) is 80.5 cm³/mol. The fourth-order valence-electron chi connectivity index (χ4n) is 1.97. The molecule has 2 aromatic rings. The molecule has 2 rings (SSSR count). The lowest BCUT2D eigenvalue weighted by Crippen LogP contribution is -2.12. The summed E-state index contributed by atoms with van der Waals surface area (Å²) in [5.41, 5.74) is 4.44. The zero-order valence-electron chi connectivity index (χ0n) is 11.4. The highest BCUT2D eigenvalue weighted by Gasteiger charge is 2.02. The molecule has 2 N–H and O–H groups in total. The maximum Gasteiger partial charge on any atom is 0.0681 e. The summed E-state index contributed by atoms with van der Waals surface area (Å²) < 4.78 is 0. The molecular weight excluding hydrogens is 236 g/mol. The molecule has 0 saturated heterocycles. The van der Waals surface area contributed by atoms with E-state index >= 15 is 0 Å². The van der Waals surface area contributed by atoms with Crippen LogP contribution in [-0.4, -0.2) is 19.2 Å². The molecule has 0 aliphatic rings. The number of para-hydroxylation sites is 2. The van der Waals surface area contributed by atoms with Gasteiger partial charge in [-0.1, -0.05) is 36.4 Å². The molecule has 0 aliphatic carbocycles. The monoisotopic (exact) mass is 256 g/mol. The van der Waals surface area contributed by atoms with Crippen molar-refractivity contribution in [1.29, 1.82) is 0 Å². The van der Waals surface area contributed by atoms with Crippen LogP contribution in [0.25, 0.3) is 0 Å². The van der Waals surface area contributed by atoms with Crippen LogP contribution in [0.15, 0.2) is 48.5 Å². The summed E-state index contributed by atoms with van der Waals surface area (Å²) in [5, 5.41) is 12.5. The van der Waals surface area contributed by atoms with E-state index in [-0.39, 0.29) is 6.61 Å². The molecule has 0 atom stereocenters. The van der Waals surface area contributed by atoms with Gasteiger partial charge in [0, 0.05) is 20.6 Å². The molecule has 0 amide bonds. The number of nitrogens with zero attached hydrogens (tertiary/aromatic N) is 1. The fourth-order valence-corrected chi connectivity index (χ4v) is 1.97. The van der Waals surface area contributed by atoms with Crippen LogP contribution >= 0.6 is 0 Å². The number of hydrogen-bond donors (Lipinski definition) is 2. The van der Waals surface area contributed by atoms with E-state index in [4.69, 9.17) is 5.11 Å². The van der Waals surface area contributed by atoms with E-state index < -0.39 is 0 Å². The minimum atomic E-state index is 0.0944. The Bertz CT molecular complexity index is 521. The molecule has 0 fully saturated rings. The molecule has 100 valence electrons. The van der Waals surface area contributed by atoms with Gasteiger partial charge < -0.3 is 15.3 Å². The van der Waals surface area contributed by atoms with E-state index in [0.29, 0.717) is 0 Å². The van der Waals surface area contributed by atoms with Crippen molar-refractivity contribution in [2.45, 2.75) is 13.2 Å². The van der Waals surface area contributed by atoms with Gasteiger partial charge in [0.2, 0.25) is 0 Å². The number of nitrogens with one attached hydrogen (secondary N) is 1. The summed E-state index contributed by atoms with van der Waals surface area (Å²) in [6.45, 7) is 0.869. The maximum absolute atomic E-state index is 9.01. The van der Waals surface area contributed by atoms with E-state index in [2.05, 4.69) is 22.3 Å². The second-order valence-corrected chi connectivity index (χ2v) is 4.74. The average Bonchev–Trinajstić information content (AvgIpc) is 2.46. The molecule has 19 heavy (non-hydrogen) atoms. The molecule has 3 heteroatoms. The first-order valence-electron chi connectivity index (χ1n) is 6.39. The second kappa shape index (κ2) is 6.25. The first kappa shape index (κ1) is 13.4. The molecule has 0 bridgehead atoms. The van der Waals surface area contributed by atoms with E-state index in [9.17, 15) is 0 Å². The van der Waals surface area contributed by atoms with Crippen molar-refractivity contribution in [2.24, 2.45) is 0 Å². The van der Waals surface area contributed by atoms with Crippen molar-refractivity contribution in [3.05, 3.63) is 59.7 Å². The van der Waals surface area contributed by atoms with E-state index in [1.54, 1.807) is 0 Å². The Balaban J connectivity index is 2.05. The fraction of sp³-hybridized carbons (Fsp3) is 0.250. The van der Waals surface area contributed by atoms with Crippen molar-refractivity contribution < 1.29 is 5.11 Å². The minimum absolute atomic E-state index is 0.0944. The van der Waals surface area contributed by atoms with Crippen LogP contribution in [0.1, 0.15) is 11.1 Å². The Labute approximate surface area is 114 Å². The van der Waals surface area contributed by atoms with Crippen LogP contribution in [0.2, 0.25) is 0 Å². The molecule has 0 radical (unpaired) electrons. The van der Waals surface area contributed by atoms with Crippen LogP contribution in [0, 0.1) is 0 Å². The molecule has 0 heterocycles. The van der Waals surface area contributed by atoms with Gasteiger partial charge in [-0.3, -0.25) is 0 Å². The Morgan fingerprint density at radius 3 is 2.21 bits per heavy atom. The highest BCUT2D eigenvalue weighted by Crippen LogP contribution is 2.23. The van der Waals surface area contributed by atoms with Gasteiger partial charge in [0.05, 0.1) is 18.0 Å². The van der Waals surface area contributed by atoms with Crippen molar-refractivity contribution in [3.63, 3.8) is 0 Å². The third kappa shape index (κ3) is 3.48. The Morgan fingerprint density at radius 1 is 0.947 bits per heavy atom. The zero-order valence-corrected chi connectivity index (χ0v) is 11.4. The van der Waals surface area contributed by atoms with Gasteiger partial charge in [-0.05, 0) is 23.3 Å². The minimum Gasteiger partial charge on any atom is -0.392 e. The summed E-state index contributed by atoms with van der Waals surface area (Å²) in [4.78, 5) is 2.09. The van der Waals surface area contributed by atoms with E-state index in [1.807, 2.05) is 50.5 Å². The van der Waals surface area contributed by atoms with Crippen LogP contribution < -0.4 is 10.2 Å². The summed E-state index contributed by atoms with van der Waals surface area (Å²) in [6.07, 6.45) is 0. The number of anilines is 2. The number of aliphatic hydroxyl groups is 1. The number of aliphatic hydroxyl groups excluding tert-OH is 1. The lowest BCUT2D eigenvalue weighted by molar-refractivity contribution is 0.282. The third-order valence-corrected chi connectivity index (χ3v) is 3.07. The van der Waals surface area contributed by atoms with Gasteiger partial charge >= 0.3 is 0 Å². The average molecular weight is 256 g/mol. The molecule has 2 aromatic carbocycles. The highest BCUT2D eigenvalue weighted by atomic mass is 16.3. The van der Waals surface area contributed by atoms with Crippen LogP contribution in [0.3, 0.4) is 0 Å². The van der Waals surface area contributed by atoms with Crippen molar-refractivity contribution >= 4 is 11.4 Å². The quantitative estimate of drug-likeness (QED) is 0.863. The Morgan fingerprint density at radius 2 is 1.58 bits per heavy atom. The van der Waals surface area contributed by atoms with Crippen LogP contribution in [-0.2, 0) is 13.2 Å². The van der Waals surface area contributed by atoms with Crippen molar-refractivity contribution in [3.8, 4) is 0 Å². The normalized spacial score (nSPS) is 10.3. The van der Waals surface area contributed by atoms with Gasteiger partial charge in [0.1, 0.15) is 0 Å². The second-order valence-electron chi connectivity index (χ2n) is 4.74. The van der Waals surface area contributed by atoms with Crippen molar-refractivity contribution in [2.75, 3.05) is 24.3 Å². The molecule has 0 aromatic heterocycles. The van der Waals surface area contributed by atoms with Crippen molar-refractivity contribution in [1.82, 2.24) is 0 Å². The Kier molecular flexibility index (Phi) is 4.42. The largest absolute Gasteiger partial charge is 0.392 e. The molecule has 0 aliphatic heterocycles. The number of benzene rings is 2. The van der Waals surface area contributed by atoms with Gasteiger partial charge in [-0.2, -0.15) is 0 Å². The smallest absolute Gasteiger partial charge is 0.0681 e. The molecule has 0 spiro atoms. The first-order chi connectivity index (χ1) is 9.20. The van der Waals surface area contributed by atoms with Crippen LogP contribution in [0.4, 0.5) is 11.4 Å². The lowest BCUT2D eigenvalue weighted by atomic mass is 10.1. The zero-order chi connectivity index (χ0) is 13.7. The van der Waals surface area contributed by atoms with Gasteiger partial charge in [0.25, 0.3) is 0 Å². The molecule has 3 nitrogen and oxygen atoms in total. The van der Waals surface area contributed by atoms with E-state index in [0.717, 1.165) is 17.8 Å². The lowest BCUT2D eigenvalue weighted by Gasteiger charge is -2.18. The maximum atomic E-state index is 9.01. The molecule has 0 unspecified atom stereocenters. The topological polar surface area (TPSA) is 35.5 Å². The van der Waals surface area contributed by atoms with Gasteiger partial charge in [0.15, 0.2) is 0 Å². The predicted octanol–water partition coefficient (Wildman–Crippen LogP) is 2.86. The standard InChI is InChI=1S/C16H20N2O/c1-18(2)16-6-4-3-5-15(16)17-11-13-7-9-14(12-19)10-8-13/h3-10,17,19H,11-12H2,1-2H3. The highest BCUT2D eigenvalue weighted by molar-refractivity contribution is 5.69. The van der Waals surface area contributed by atoms with E-state index in [1.165, 1.54) is 11.3 Å². The Hall–Kier alpha value is -2.00. The van der Waals surface area contributed by atoms with Gasteiger partial charge in [-0.25, -0.2) is 0 Å².